The minimum Gasteiger partial charge on any atom is -0.330 e. The molecule has 2 aromatic rings. The van der Waals surface area contributed by atoms with Gasteiger partial charge in [-0.15, -0.1) is 11.3 Å². The molecule has 1 aliphatic rings. The van der Waals surface area contributed by atoms with Crippen LogP contribution in [0.4, 0.5) is 0 Å². The minimum atomic E-state index is 0.293. The molecule has 1 heterocycles. The third-order valence-electron chi connectivity index (χ3n) is 3.48. The van der Waals surface area contributed by atoms with E-state index in [0.29, 0.717) is 5.41 Å². The van der Waals surface area contributed by atoms with Gasteiger partial charge in [-0.1, -0.05) is 23.7 Å². The average Bonchev–Trinajstić information content (AvgIpc) is 2.99. The summed E-state index contributed by atoms with van der Waals surface area (Å²) in [6, 6.07) is 12.4. The smallest absolute Gasteiger partial charge is 0.0412 e. The van der Waals surface area contributed by atoms with Crippen LogP contribution in [0.2, 0.25) is 5.02 Å². The van der Waals surface area contributed by atoms with Crippen LogP contribution in [0.1, 0.15) is 17.7 Å². The van der Waals surface area contributed by atoms with Crippen LogP contribution in [0.15, 0.2) is 36.4 Å². The average molecular weight is 264 g/mol. The maximum Gasteiger partial charge on any atom is 0.0412 e. The second-order valence-electron chi connectivity index (χ2n) is 4.66. The molecule has 0 atom stereocenters. The summed E-state index contributed by atoms with van der Waals surface area (Å²) in [7, 11) is 0. The molecule has 0 unspecified atom stereocenters. The molecule has 2 N–H and O–H groups in total. The van der Waals surface area contributed by atoms with Crippen LogP contribution in [0, 0.1) is 0 Å². The van der Waals surface area contributed by atoms with Crippen LogP contribution >= 0.6 is 22.9 Å². The molecule has 0 aliphatic heterocycles. The monoisotopic (exact) mass is 263 g/mol. The van der Waals surface area contributed by atoms with Crippen molar-refractivity contribution in [2.45, 2.75) is 18.3 Å². The van der Waals surface area contributed by atoms with Crippen LogP contribution in [0.5, 0.6) is 0 Å². The largest absolute Gasteiger partial charge is 0.330 e. The molecule has 0 saturated heterocycles. The molecule has 0 radical (unpaired) electrons. The Kier molecular flexibility index (Phi) is 2.74. The SMILES string of the molecule is NCC1(c2ccc(-c3cccc(Cl)c3)s2)CC1. The van der Waals surface area contributed by atoms with Crippen LogP contribution in [-0.2, 0) is 5.41 Å². The molecule has 3 heteroatoms. The molecule has 1 nitrogen and oxygen atoms in total. The van der Waals surface area contributed by atoms with Crippen LogP contribution < -0.4 is 5.73 Å². The van der Waals surface area contributed by atoms with Crippen LogP contribution in [0.25, 0.3) is 10.4 Å². The van der Waals surface area contributed by atoms with E-state index in [2.05, 4.69) is 18.2 Å². The molecule has 0 spiro atoms. The molecule has 1 aromatic carbocycles. The minimum absolute atomic E-state index is 0.293. The van der Waals surface area contributed by atoms with Crippen molar-refractivity contribution >= 4 is 22.9 Å². The van der Waals surface area contributed by atoms with Crippen LogP contribution in [-0.4, -0.2) is 6.54 Å². The molecule has 1 aliphatic carbocycles. The molecule has 0 bridgehead atoms. The number of hydrogen-bond donors (Lipinski definition) is 1. The fourth-order valence-corrected chi connectivity index (χ4v) is 3.57. The lowest BCUT2D eigenvalue weighted by Crippen LogP contribution is -2.18. The Morgan fingerprint density at radius 2 is 2.06 bits per heavy atom. The zero-order valence-corrected chi connectivity index (χ0v) is 11.0. The molecule has 1 fully saturated rings. The summed E-state index contributed by atoms with van der Waals surface area (Å²) in [5.41, 5.74) is 7.35. The standard InChI is InChI=1S/C14H14ClNS/c15-11-3-1-2-10(8-11)12-4-5-13(17-12)14(9-16)6-7-14/h1-5,8H,6-7,9,16H2. The number of halogens is 1. The van der Waals surface area contributed by atoms with Gasteiger partial charge in [-0.05, 0) is 42.7 Å². The molecule has 0 amide bonds. The highest BCUT2D eigenvalue weighted by Crippen LogP contribution is 2.50. The summed E-state index contributed by atoms with van der Waals surface area (Å²) in [6.07, 6.45) is 2.47. The van der Waals surface area contributed by atoms with Crippen LogP contribution in [0.3, 0.4) is 0 Å². The van der Waals surface area contributed by atoms with Crippen molar-refractivity contribution in [2.75, 3.05) is 6.54 Å². The van der Waals surface area contributed by atoms with Gasteiger partial charge in [0.1, 0.15) is 0 Å². The van der Waals surface area contributed by atoms with Gasteiger partial charge in [-0.25, -0.2) is 0 Å². The van der Waals surface area contributed by atoms with E-state index in [0.717, 1.165) is 11.6 Å². The van der Waals surface area contributed by atoms with Gasteiger partial charge in [0.25, 0.3) is 0 Å². The fraction of sp³-hybridized carbons (Fsp3) is 0.286. The fourth-order valence-electron chi connectivity index (χ4n) is 2.12. The van der Waals surface area contributed by atoms with E-state index in [1.807, 2.05) is 29.5 Å². The first-order chi connectivity index (χ1) is 8.23. The van der Waals surface area contributed by atoms with Gasteiger partial charge in [0, 0.05) is 26.7 Å². The lowest BCUT2D eigenvalue weighted by molar-refractivity contribution is 0.720. The van der Waals surface area contributed by atoms with Gasteiger partial charge in [0.2, 0.25) is 0 Å². The summed E-state index contributed by atoms with van der Waals surface area (Å²) in [5, 5.41) is 0.789. The number of hydrogen-bond acceptors (Lipinski definition) is 2. The van der Waals surface area contributed by atoms with Crippen molar-refractivity contribution in [3.63, 3.8) is 0 Å². The predicted molar refractivity (Wildman–Crippen MR) is 74.7 cm³/mol. The van der Waals surface area contributed by atoms with E-state index in [-0.39, 0.29) is 0 Å². The Bertz CT molecular complexity index is 543. The zero-order valence-electron chi connectivity index (χ0n) is 9.45. The first-order valence-electron chi connectivity index (χ1n) is 5.80. The van der Waals surface area contributed by atoms with E-state index >= 15 is 0 Å². The van der Waals surface area contributed by atoms with Crippen molar-refractivity contribution in [3.05, 3.63) is 46.3 Å². The third kappa shape index (κ3) is 2.01. The highest BCUT2D eigenvalue weighted by molar-refractivity contribution is 7.15. The number of thiophene rings is 1. The van der Waals surface area contributed by atoms with Crippen molar-refractivity contribution in [1.29, 1.82) is 0 Å². The molecule has 3 rings (SSSR count). The molecule has 88 valence electrons. The molecular formula is C14H14ClNS. The topological polar surface area (TPSA) is 26.0 Å². The van der Waals surface area contributed by atoms with Crippen molar-refractivity contribution in [3.8, 4) is 10.4 Å². The van der Waals surface area contributed by atoms with Gasteiger partial charge in [-0.2, -0.15) is 0 Å². The van der Waals surface area contributed by atoms with Crippen molar-refractivity contribution in [2.24, 2.45) is 5.73 Å². The highest BCUT2D eigenvalue weighted by Gasteiger charge is 2.43. The number of nitrogens with two attached hydrogens (primary N) is 1. The lowest BCUT2D eigenvalue weighted by Gasteiger charge is -2.08. The quantitative estimate of drug-likeness (QED) is 0.888. The van der Waals surface area contributed by atoms with Crippen molar-refractivity contribution in [1.82, 2.24) is 0 Å². The molecular weight excluding hydrogens is 250 g/mol. The first kappa shape index (κ1) is 11.3. The number of rotatable bonds is 3. The van der Waals surface area contributed by atoms with E-state index in [9.17, 15) is 0 Å². The zero-order chi connectivity index (χ0) is 11.9. The van der Waals surface area contributed by atoms with E-state index in [1.165, 1.54) is 28.2 Å². The lowest BCUT2D eigenvalue weighted by atomic mass is 10.1. The number of benzene rings is 1. The first-order valence-corrected chi connectivity index (χ1v) is 6.99. The van der Waals surface area contributed by atoms with Gasteiger partial charge in [0.05, 0.1) is 0 Å². The maximum absolute atomic E-state index is 6.02. The van der Waals surface area contributed by atoms with E-state index in [1.54, 1.807) is 0 Å². The normalized spacial score (nSPS) is 17.1. The van der Waals surface area contributed by atoms with Gasteiger partial charge in [-0.3, -0.25) is 0 Å². The predicted octanol–water partition coefficient (Wildman–Crippen LogP) is 4.06. The second-order valence-corrected chi connectivity index (χ2v) is 6.18. The van der Waals surface area contributed by atoms with E-state index < -0.39 is 0 Å². The van der Waals surface area contributed by atoms with Gasteiger partial charge >= 0.3 is 0 Å². The Morgan fingerprint density at radius 1 is 1.24 bits per heavy atom. The summed E-state index contributed by atoms with van der Waals surface area (Å²) in [4.78, 5) is 2.71. The third-order valence-corrected chi connectivity index (χ3v) is 5.10. The summed E-state index contributed by atoms with van der Waals surface area (Å²) >= 11 is 7.87. The molecule has 1 aromatic heterocycles. The highest BCUT2D eigenvalue weighted by atomic mass is 35.5. The summed E-state index contributed by atoms with van der Waals surface area (Å²) in [6.45, 7) is 0.766. The second kappa shape index (κ2) is 4.13. The Hall–Kier alpha value is -0.830. The van der Waals surface area contributed by atoms with E-state index in [4.69, 9.17) is 17.3 Å². The summed E-state index contributed by atoms with van der Waals surface area (Å²) in [5.74, 6) is 0. The van der Waals surface area contributed by atoms with Gasteiger partial charge < -0.3 is 5.73 Å². The molecule has 17 heavy (non-hydrogen) atoms. The van der Waals surface area contributed by atoms with Gasteiger partial charge in [0.15, 0.2) is 0 Å². The summed E-state index contributed by atoms with van der Waals surface area (Å²) < 4.78 is 0. The van der Waals surface area contributed by atoms with Crippen molar-refractivity contribution < 1.29 is 0 Å². The molecule has 1 saturated carbocycles. The maximum atomic E-state index is 6.02. The Balaban J connectivity index is 1.95. The Morgan fingerprint density at radius 3 is 2.71 bits per heavy atom. The Labute approximate surface area is 110 Å².